The van der Waals surface area contributed by atoms with Crippen molar-refractivity contribution in [2.24, 2.45) is 4.99 Å². The minimum atomic E-state index is -1.41. The van der Waals surface area contributed by atoms with Gasteiger partial charge in [0.1, 0.15) is 18.3 Å². The zero-order valence-electron chi connectivity index (χ0n) is 12.0. The molecule has 0 spiro atoms. The second-order valence-corrected chi connectivity index (χ2v) is 5.34. The maximum atomic E-state index is 10.1. The lowest BCUT2D eigenvalue weighted by Gasteiger charge is -2.26. The summed E-state index contributed by atoms with van der Waals surface area (Å²) < 4.78 is 0. The third-order valence-corrected chi connectivity index (χ3v) is 3.76. The van der Waals surface area contributed by atoms with Crippen LogP contribution < -0.4 is 0 Å². The number of aliphatic hydroxyl groups excluding tert-OH is 4. The van der Waals surface area contributed by atoms with Crippen LogP contribution in [0.4, 0.5) is 0 Å². The standard InChI is InChI=1S/C15H22N2O4/c1-10-16-12(14(20)15(21)13(19)9-18)8-17(10)7-11-5-3-2-4-6-11/h2-6,12-15,18-21H,7-9H2,1H3/t12-,13+,14+,15+/m0/s1. The molecule has 1 aromatic rings. The summed E-state index contributed by atoms with van der Waals surface area (Å²) in [5, 5.41) is 38.1. The van der Waals surface area contributed by atoms with Crippen LogP contribution in [0.25, 0.3) is 0 Å². The highest BCUT2D eigenvalue weighted by Crippen LogP contribution is 2.18. The van der Waals surface area contributed by atoms with Gasteiger partial charge in [-0.3, -0.25) is 4.99 Å². The van der Waals surface area contributed by atoms with Crippen LogP contribution >= 0.6 is 0 Å². The summed E-state index contributed by atoms with van der Waals surface area (Å²) in [5.74, 6) is 0.786. The Morgan fingerprint density at radius 3 is 2.52 bits per heavy atom. The van der Waals surface area contributed by atoms with E-state index in [4.69, 9.17) is 5.11 Å². The van der Waals surface area contributed by atoms with Crippen molar-refractivity contribution in [3.63, 3.8) is 0 Å². The van der Waals surface area contributed by atoms with Crippen molar-refractivity contribution in [1.82, 2.24) is 4.90 Å². The first-order valence-electron chi connectivity index (χ1n) is 7.01. The molecule has 1 aliphatic heterocycles. The summed E-state index contributed by atoms with van der Waals surface area (Å²) in [6.45, 7) is 2.40. The zero-order valence-corrected chi connectivity index (χ0v) is 12.0. The molecule has 1 aliphatic rings. The third-order valence-electron chi connectivity index (χ3n) is 3.76. The lowest BCUT2D eigenvalue weighted by molar-refractivity contribution is -0.0829. The maximum Gasteiger partial charge on any atom is 0.110 e. The van der Waals surface area contributed by atoms with Gasteiger partial charge in [-0.25, -0.2) is 0 Å². The van der Waals surface area contributed by atoms with Crippen LogP contribution in [0.1, 0.15) is 12.5 Å². The van der Waals surface area contributed by atoms with Gasteiger partial charge in [0.25, 0.3) is 0 Å². The van der Waals surface area contributed by atoms with E-state index < -0.39 is 31.0 Å². The molecule has 0 fully saturated rings. The Morgan fingerprint density at radius 2 is 1.90 bits per heavy atom. The summed E-state index contributed by atoms with van der Waals surface area (Å²) in [6, 6.07) is 9.40. The molecular weight excluding hydrogens is 272 g/mol. The fourth-order valence-electron chi connectivity index (χ4n) is 2.45. The number of rotatable bonds is 6. The molecule has 2 rings (SSSR count). The topological polar surface area (TPSA) is 96.5 Å². The fraction of sp³-hybridized carbons (Fsp3) is 0.533. The first kappa shape index (κ1) is 15.9. The minimum Gasteiger partial charge on any atom is -0.394 e. The Hall–Kier alpha value is -1.47. The zero-order chi connectivity index (χ0) is 15.4. The molecule has 0 saturated heterocycles. The Labute approximate surface area is 124 Å². The number of aliphatic imine (C=N–C) groups is 1. The normalized spacial score (nSPS) is 22.8. The van der Waals surface area contributed by atoms with E-state index in [1.54, 1.807) is 0 Å². The van der Waals surface area contributed by atoms with E-state index in [1.807, 2.05) is 42.2 Å². The molecule has 0 radical (unpaired) electrons. The van der Waals surface area contributed by atoms with Crippen molar-refractivity contribution >= 4 is 5.84 Å². The van der Waals surface area contributed by atoms with E-state index in [1.165, 1.54) is 0 Å². The molecule has 0 aromatic heterocycles. The predicted octanol–water partition coefficient (Wildman–Crippen LogP) is -0.636. The molecule has 4 N–H and O–H groups in total. The third kappa shape index (κ3) is 3.79. The summed E-state index contributed by atoms with van der Waals surface area (Å²) in [5.41, 5.74) is 1.14. The van der Waals surface area contributed by atoms with Gasteiger partial charge in [0.05, 0.1) is 18.5 Å². The Morgan fingerprint density at radius 1 is 1.24 bits per heavy atom. The van der Waals surface area contributed by atoms with Gasteiger partial charge in [0.2, 0.25) is 0 Å². The average Bonchev–Trinajstić information content (AvgIpc) is 2.87. The monoisotopic (exact) mass is 294 g/mol. The van der Waals surface area contributed by atoms with E-state index in [-0.39, 0.29) is 0 Å². The van der Waals surface area contributed by atoms with E-state index in [2.05, 4.69) is 4.99 Å². The molecule has 116 valence electrons. The SMILES string of the molecule is CC1=N[C@H]([C@@H](O)[C@H](O)[C@H](O)CO)CN1Cc1ccccc1. The van der Waals surface area contributed by atoms with Crippen LogP contribution in [0.2, 0.25) is 0 Å². The van der Waals surface area contributed by atoms with Crippen molar-refractivity contribution in [2.45, 2.75) is 37.8 Å². The Kier molecular flexibility index (Phi) is 5.30. The highest BCUT2D eigenvalue weighted by molar-refractivity contribution is 5.81. The van der Waals surface area contributed by atoms with Crippen LogP contribution in [0.15, 0.2) is 35.3 Å². The largest absolute Gasteiger partial charge is 0.394 e. The van der Waals surface area contributed by atoms with Crippen molar-refractivity contribution < 1.29 is 20.4 Å². The van der Waals surface area contributed by atoms with Gasteiger partial charge in [0, 0.05) is 13.1 Å². The van der Waals surface area contributed by atoms with Gasteiger partial charge in [-0.1, -0.05) is 30.3 Å². The van der Waals surface area contributed by atoms with E-state index in [9.17, 15) is 15.3 Å². The highest BCUT2D eigenvalue weighted by atomic mass is 16.4. The van der Waals surface area contributed by atoms with Crippen LogP contribution in [0, 0.1) is 0 Å². The molecule has 6 heteroatoms. The van der Waals surface area contributed by atoms with Gasteiger partial charge in [0.15, 0.2) is 0 Å². The van der Waals surface area contributed by atoms with Gasteiger partial charge in [-0.2, -0.15) is 0 Å². The second kappa shape index (κ2) is 7.00. The average molecular weight is 294 g/mol. The van der Waals surface area contributed by atoms with Crippen molar-refractivity contribution in [1.29, 1.82) is 0 Å². The number of hydrogen-bond donors (Lipinski definition) is 4. The van der Waals surface area contributed by atoms with Crippen LogP contribution in [0.5, 0.6) is 0 Å². The molecule has 0 aliphatic carbocycles. The quantitative estimate of drug-likeness (QED) is 0.560. The van der Waals surface area contributed by atoms with E-state index >= 15 is 0 Å². The minimum absolute atomic E-state index is 0.469. The first-order chi connectivity index (χ1) is 10.0. The first-order valence-corrected chi connectivity index (χ1v) is 7.01. The Bertz CT molecular complexity index is 480. The lowest BCUT2D eigenvalue weighted by atomic mass is 10.0. The highest BCUT2D eigenvalue weighted by Gasteiger charge is 2.35. The van der Waals surface area contributed by atoms with Gasteiger partial charge in [-0.05, 0) is 12.5 Å². The Balaban J connectivity index is 1.98. The number of amidine groups is 1. The second-order valence-electron chi connectivity index (χ2n) is 5.34. The molecule has 0 amide bonds. The predicted molar refractivity (Wildman–Crippen MR) is 78.9 cm³/mol. The van der Waals surface area contributed by atoms with Gasteiger partial charge < -0.3 is 25.3 Å². The van der Waals surface area contributed by atoms with Crippen LogP contribution in [0.3, 0.4) is 0 Å². The summed E-state index contributed by atoms with van der Waals surface area (Å²) in [7, 11) is 0. The van der Waals surface area contributed by atoms with Gasteiger partial charge in [-0.15, -0.1) is 0 Å². The molecule has 21 heavy (non-hydrogen) atoms. The molecule has 0 saturated carbocycles. The van der Waals surface area contributed by atoms with Crippen LogP contribution in [-0.2, 0) is 6.54 Å². The molecule has 0 bridgehead atoms. The van der Waals surface area contributed by atoms with Crippen molar-refractivity contribution in [3.05, 3.63) is 35.9 Å². The molecule has 1 heterocycles. The number of nitrogens with zero attached hydrogens (tertiary/aromatic N) is 2. The number of aliphatic hydroxyl groups is 4. The van der Waals surface area contributed by atoms with Crippen molar-refractivity contribution in [3.8, 4) is 0 Å². The molecule has 1 aromatic carbocycles. The fourth-order valence-corrected chi connectivity index (χ4v) is 2.45. The van der Waals surface area contributed by atoms with E-state index in [0.29, 0.717) is 13.1 Å². The van der Waals surface area contributed by atoms with Crippen LogP contribution in [-0.4, -0.2) is 68.7 Å². The van der Waals surface area contributed by atoms with E-state index in [0.717, 1.165) is 11.4 Å². The summed E-state index contributed by atoms with van der Waals surface area (Å²) in [6.07, 6.45) is -3.98. The number of hydrogen-bond acceptors (Lipinski definition) is 6. The number of benzene rings is 1. The smallest absolute Gasteiger partial charge is 0.110 e. The van der Waals surface area contributed by atoms with Crippen molar-refractivity contribution in [2.75, 3.05) is 13.2 Å². The maximum absolute atomic E-state index is 10.1. The molecule has 4 atom stereocenters. The molecular formula is C15H22N2O4. The lowest BCUT2D eigenvalue weighted by Crippen LogP contribution is -2.46. The summed E-state index contributed by atoms with van der Waals surface area (Å²) >= 11 is 0. The molecule has 0 unspecified atom stereocenters. The molecule has 6 nitrogen and oxygen atoms in total. The summed E-state index contributed by atoms with van der Waals surface area (Å²) in [4.78, 5) is 6.36. The van der Waals surface area contributed by atoms with Gasteiger partial charge >= 0.3 is 0 Å².